The minimum absolute atomic E-state index is 0.0260. The molecule has 0 heterocycles. The first-order chi connectivity index (χ1) is 7.26. The Hall–Kier alpha value is 0.220. The predicted octanol–water partition coefficient (Wildman–Crippen LogP) is -0.141. The van der Waals surface area contributed by atoms with Crippen LogP contribution in [0.25, 0.3) is 0 Å². The largest absolute Gasteiger partial charge is 0.395 e. The zero-order valence-electron chi connectivity index (χ0n) is 9.14. The molecule has 16 heavy (non-hydrogen) atoms. The second kappa shape index (κ2) is 6.83. The van der Waals surface area contributed by atoms with Crippen molar-refractivity contribution in [1.82, 2.24) is 4.90 Å². The molecule has 2 unspecified atom stereocenters. The van der Waals surface area contributed by atoms with Gasteiger partial charge >= 0.3 is 15.2 Å². The summed E-state index contributed by atoms with van der Waals surface area (Å²) in [5.74, 6) is 0. The Morgan fingerprint density at radius 1 is 1.06 bits per heavy atom. The van der Waals surface area contributed by atoms with Gasteiger partial charge in [-0.3, -0.25) is 14.0 Å². The average molecular weight is 277 g/mol. The third kappa shape index (κ3) is 6.73. The quantitative estimate of drug-likeness (QED) is 0.525. The van der Waals surface area contributed by atoms with E-state index in [0.29, 0.717) is 0 Å². The van der Waals surface area contributed by atoms with Gasteiger partial charge in [0.25, 0.3) is 0 Å². The topological polar surface area (TPSA) is 117 Å². The van der Waals surface area contributed by atoms with Crippen LogP contribution in [0.1, 0.15) is 0 Å². The van der Waals surface area contributed by atoms with Gasteiger partial charge in [0.2, 0.25) is 0 Å². The van der Waals surface area contributed by atoms with E-state index in [1.54, 1.807) is 0 Å². The van der Waals surface area contributed by atoms with Gasteiger partial charge in [0.15, 0.2) is 0 Å². The minimum atomic E-state index is -3.83. The lowest BCUT2D eigenvalue weighted by Crippen LogP contribution is -2.29. The van der Waals surface area contributed by atoms with Crippen molar-refractivity contribution in [2.24, 2.45) is 0 Å². The third-order valence-electron chi connectivity index (χ3n) is 1.74. The number of aliphatic hydroxyl groups is 1. The van der Waals surface area contributed by atoms with Crippen LogP contribution in [0.2, 0.25) is 0 Å². The fourth-order valence-corrected chi connectivity index (χ4v) is 2.83. The van der Waals surface area contributed by atoms with Gasteiger partial charge in [0.1, 0.15) is 12.6 Å². The van der Waals surface area contributed by atoms with Crippen molar-refractivity contribution < 1.29 is 33.1 Å². The van der Waals surface area contributed by atoms with E-state index in [9.17, 15) is 18.9 Å². The molecule has 0 aliphatic carbocycles. The molecule has 0 aromatic carbocycles. The molecule has 0 aromatic heterocycles. The summed E-state index contributed by atoms with van der Waals surface area (Å²) in [6.07, 6.45) is -0.893. The first-order valence-electron chi connectivity index (χ1n) is 4.34. The Kier molecular flexibility index (Phi) is 6.93. The number of nitrogens with zero attached hydrogens (tertiary/aromatic N) is 1. The number of aliphatic hydroxyl groups excluding tert-OH is 1. The van der Waals surface area contributed by atoms with Gasteiger partial charge in [-0.1, -0.05) is 0 Å². The van der Waals surface area contributed by atoms with Crippen molar-refractivity contribution in [2.75, 3.05) is 39.9 Å². The number of hydrogen-bond donors (Lipinski definition) is 3. The molecule has 0 rings (SSSR count). The Morgan fingerprint density at radius 3 is 1.69 bits per heavy atom. The molecule has 0 bridgehead atoms. The highest BCUT2D eigenvalue weighted by molar-refractivity contribution is 7.53. The standard InChI is InChI=1S/C6H17NO7P2/c1-13-15(9,10)5-7(3-4-8)6-16(11,12)14-2/h8H,3-6H2,1-2H3,(H,9,10)(H,11,12). The maximum atomic E-state index is 11.2. The Bertz CT molecular complexity index is 271. The fourth-order valence-electron chi connectivity index (χ4n) is 0.949. The van der Waals surface area contributed by atoms with E-state index in [4.69, 9.17) is 5.11 Å². The molecule has 0 radical (unpaired) electrons. The minimum Gasteiger partial charge on any atom is -0.395 e. The molecule has 98 valence electrons. The fraction of sp³-hybridized carbons (Fsp3) is 1.00. The van der Waals surface area contributed by atoms with E-state index >= 15 is 0 Å². The molecule has 0 aromatic rings. The van der Waals surface area contributed by atoms with E-state index in [0.717, 1.165) is 19.1 Å². The highest BCUT2D eigenvalue weighted by Crippen LogP contribution is 2.46. The highest BCUT2D eigenvalue weighted by Gasteiger charge is 2.28. The van der Waals surface area contributed by atoms with Gasteiger partial charge in [-0.05, 0) is 0 Å². The Labute approximate surface area is 93.9 Å². The van der Waals surface area contributed by atoms with Crippen molar-refractivity contribution in [3.63, 3.8) is 0 Å². The lowest BCUT2D eigenvalue weighted by molar-refractivity contribution is 0.203. The second-order valence-corrected chi connectivity index (χ2v) is 6.89. The smallest absolute Gasteiger partial charge is 0.341 e. The second-order valence-electron chi connectivity index (χ2n) is 3.04. The van der Waals surface area contributed by atoms with E-state index in [-0.39, 0.29) is 13.2 Å². The zero-order valence-corrected chi connectivity index (χ0v) is 10.9. The van der Waals surface area contributed by atoms with Crippen LogP contribution in [0.15, 0.2) is 0 Å². The van der Waals surface area contributed by atoms with Crippen LogP contribution in [-0.4, -0.2) is 59.7 Å². The van der Waals surface area contributed by atoms with Gasteiger partial charge in [-0.25, -0.2) is 0 Å². The van der Waals surface area contributed by atoms with Crippen molar-refractivity contribution in [3.05, 3.63) is 0 Å². The highest BCUT2D eigenvalue weighted by atomic mass is 31.2. The molecule has 0 fully saturated rings. The van der Waals surface area contributed by atoms with Crippen molar-refractivity contribution in [1.29, 1.82) is 0 Å². The first-order valence-corrected chi connectivity index (χ1v) is 7.87. The summed E-state index contributed by atoms with van der Waals surface area (Å²) in [5.41, 5.74) is 0. The van der Waals surface area contributed by atoms with Crippen LogP contribution < -0.4 is 0 Å². The summed E-state index contributed by atoms with van der Waals surface area (Å²) in [4.78, 5) is 19.5. The van der Waals surface area contributed by atoms with Gasteiger partial charge < -0.3 is 23.9 Å². The first kappa shape index (κ1) is 16.2. The lowest BCUT2D eigenvalue weighted by Gasteiger charge is -2.24. The van der Waals surface area contributed by atoms with Crippen LogP contribution in [0.3, 0.4) is 0 Å². The zero-order chi connectivity index (χ0) is 12.8. The molecule has 8 nitrogen and oxygen atoms in total. The SMILES string of the molecule is COP(=O)(O)CN(CCO)CP(=O)(O)OC. The maximum absolute atomic E-state index is 11.2. The summed E-state index contributed by atoms with van der Waals surface area (Å²) in [6.45, 7) is -0.338. The van der Waals surface area contributed by atoms with Crippen LogP contribution in [-0.2, 0) is 18.2 Å². The van der Waals surface area contributed by atoms with Gasteiger partial charge in [-0.15, -0.1) is 0 Å². The Balaban J connectivity index is 4.51. The Morgan fingerprint density at radius 2 is 1.44 bits per heavy atom. The monoisotopic (exact) mass is 277 g/mol. The van der Waals surface area contributed by atoms with Crippen LogP contribution in [0.5, 0.6) is 0 Å². The lowest BCUT2D eigenvalue weighted by atomic mass is 10.6. The van der Waals surface area contributed by atoms with Gasteiger partial charge in [0.05, 0.1) is 6.61 Å². The number of rotatable bonds is 8. The van der Waals surface area contributed by atoms with Crippen molar-refractivity contribution in [3.8, 4) is 0 Å². The average Bonchev–Trinajstić information content (AvgIpc) is 2.17. The van der Waals surface area contributed by atoms with E-state index in [1.807, 2.05) is 0 Å². The molecular weight excluding hydrogens is 260 g/mol. The third-order valence-corrected chi connectivity index (χ3v) is 4.40. The van der Waals surface area contributed by atoms with Crippen LogP contribution in [0, 0.1) is 0 Å². The summed E-state index contributed by atoms with van der Waals surface area (Å²) in [5, 5.41) is 8.71. The molecule has 0 spiro atoms. The van der Waals surface area contributed by atoms with Gasteiger partial charge in [0, 0.05) is 20.8 Å². The van der Waals surface area contributed by atoms with Crippen LogP contribution in [0.4, 0.5) is 0 Å². The normalized spacial score (nSPS) is 19.4. The van der Waals surface area contributed by atoms with Gasteiger partial charge in [-0.2, -0.15) is 0 Å². The predicted molar refractivity (Wildman–Crippen MR) is 57.2 cm³/mol. The molecule has 0 aliphatic heterocycles. The van der Waals surface area contributed by atoms with E-state index in [1.165, 1.54) is 0 Å². The molecule has 0 saturated heterocycles. The summed E-state index contributed by atoms with van der Waals surface area (Å²) >= 11 is 0. The molecular formula is C6H17NO7P2. The molecule has 0 saturated carbocycles. The van der Waals surface area contributed by atoms with E-state index in [2.05, 4.69) is 9.05 Å². The summed E-state index contributed by atoms with van der Waals surface area (Å²) < 4.78 is 31.2. The van der Waals surface area contributed by atoms with Crippen molar-refractivity contribution >= 4 is 15.2 Å². The van der Waals surface area contributed by atoms with E-state index < -0.39 is 27.8 Å². The van der Waals surface area contributed by atoms with Crippen molar-refractivity contribution in [2.45, 2.75) is 0 Å². The molecule has 0 aliphatic rings. The molecule has 3 N–H and O–H groups in total. The molecule has 2 atom stereocenters. The summed E-state index contributed by atoms with van der Waals surface area (Å²) in [7, 11) is -5.53. The molecule has 0 amide bonds. The number of hydrogen-bond acceptors (Lipinski definition) is 6. The maximum Gasteiger partial charge on any atom is 0.341 e. The molecule has 10 heteroatoms. The summed E-state index contributed by atoms with van der Waals surface area (Å²) in [6, 6.07) is 0. The van der Waals surface area contributed by atoms with Crippen LogP contribution >= 0.6 is 15.2 Å².